The molecule has 54 valence electrons. The Labute approximate surface area is 62.0 Å². The van der Waals surface area contributed by atoms with Gasteiger partial charge in [0, 0.05) is 0 Å². The highest BCUT2D eigenvalue weighted by Crippen LogP contribution is 2.17. The van der Waals surface area contributed by atoms with Crippen LogP contribution in [0.1, 0.15) is 5.69 Å². The van der Waals surface area contributed by atoms with Gasteiger partial charge in [-0.25, -0.2) is 4.98 Å². The fourth-order valence-corrected chi connectivity index (χ4v) is 0.631. The lowest BCUT2D eigenvalue weighted by Crippen LogP contribution is -1.99. The Kier molecular flexibility index (Phi) is 1.72. The summed E-state index contributed by atoms with van der Waals surface area (Å²) in [5.74, 6) is -0.0216. The van der Waals surface area contributed by atoms with Crippen molar-refractivity contribution >= 4 is 17.4 Å². The van der Waals surface area contributed by atoms with Crippen LogP contribution in [0, 0.1) is 13.0 Å². The molecule has 0 saturated carbocycles. The van der Waals surface area contributed by atoms with Gasteiger partial charge in [-0.15, -0.1) is 0 Å². The number of aromatic nitrogens is 2. The highest BCUT2D eigenvalue weighted by Gasteiger charge is 2.04. The van der Waals surface area contributed by atoms with E-state index in [1.54, 1.807) is 6.92 Å². The standard InChI is InChI=1S/C5H5ClFN3/c1-2-3(6)4(8)10-5(7)9-2/h1H3,(H2,8,9,10). The predicted molar refractivity (Wildman–Crippen MR) is 36.1 cm³/mol. The molecule has 1 heterocycles. The zero-order valence-corrected chi connectivity index (χ0v) is 5.98. The number of nitrogens with zero attached hydrogens (tertiary/aromatic N) is 2. The van der Waals surface area contributed by atoms with Gasteiger partial charge in [-0.2, -0.15) is 9.37 Å². The van der Waals surface area contributed by atoms with Gasteiger partial charge in [0.15, 0.2) is 0 Å². The van der Waals surface area contributed by atoms with E-state index in [-0.39, 0.29) is 10.8 Å². The van der Waals surface area contributed by atoms with E-state index in [0.29, 0.717) is 5.69 Å². The second kappa shape index (κ2) is 2.38. The van der Waals surface area contributed by atoms with Crippen molar-refractivity contribution in [2.45, 2.75) is 6.92 Å². The minimum Gasteiger partial charge on any atom is -0.382 e. The van der Waals surface area contributed by atoms with E-state index in [1.807, 2.05) is 0 Å². The van der Waals surface area contributed by atoms with E-state index in [0.717, 1.165) is 0 Å². The van der Waals surface area contributed by atoms with Gasteiger partial charge in [-0.3, -0.25) is 0 Å². The van der Waals surface area contributed by atoms with Gasteiger partial charge < -0.3 is 5.73 Å². The third kappa shape index (κ3) is 1.16. The molecular weight excluding hydrogens is 157 g/mol. The van der Waals surface area contributed by atoms with E-state index in [4.69, 9.17) is 17.3 Å². The molecule has 0 aliphatic carbocycles. The summed E-state index contributed by atoms with van der Waals surface area (Å²) < 4.78 is 12.2. The van der Waals surface area contributed by atoms with Crippen molar-refractivity contribution < 1.29 is 4.39 Å². The van der Waals surface area contributed by atoms with Crippen LogP contribution in [0.5, 0.6) is 0 Å². The Morgan fingerprint density at radius 1 is 1.50 bits per heavy atom. The van der Waals surface area contributed by atoms with Gasteiger partial charge in [0.25, 0.3) is 0 Å². The Balaban J connectivity index is 3.31. The van der Waals surface area contributed by atoms with Crippen molar-refractivity contribution in [3.63, 3.8) is 0 Å². The van der Waals surface area contributed by atoms with Gasteiger partial charge in [0.1, 0.15) is 10.8 Å². The Morgan fingerprint density at radius 2 is 2.10 bits per heavy atom. The van der Waals surface area contributed by atoms with Crippen molar-refractivity contribution in [2.75, 3.05) is 5.73 Å². The zero-order chi connectivity index (χ0) is 7.72. The van der Waals surface area contributed by atoms with Crippen LogP contribution in [0.15, 0.2) is 0 Å². The summed E-state index contributed by atoms with van der Waals surface area (Å²) in [5, 5.41) is 0.210. The first-order valence-corrected chi connectivity index (χ1v) is 2.94. The lowest BCUT2D eigenvalue weighted by atomic mass is 10.4. The average molecular weight is 162 g/mol. The molecule has 5 heteroatoms. The lowest BCUT2D eigenvalue weighted by Gasteiger charge is -1.98. The number of hydrogen-bond donors (Lipinski definition) is 1. The average Bonchev–Trinajstić information content (AvgIpc) is 1.82. The van der Waals surface area contributed by atoms with E-state index in [2.05, 4.69) is 9.97 Å². The molecule has 3 nitrogen and oxygen atoms in total. The fourth-order valence-electron chi connectivity index (χ4n) is 0.546. The van der Waals surface area contributed by atoms with E-state index in [9.17, 15) is 4.39 Å². The molecule has 0 amide bonds. The molecule has 10 heavy (non-hydrogen) atoms. The summed E-state index contributed by atoms with van der Waals surface area (Å²) in [6.45, 7) is 1.56. The van der Waals surface area contributed by atoms with Crippen molar-refractivity contribution in [1.29, 1.82) is 0 Å². The van der Waals surface area contributed by atoms with E-state index in [1.165, 1.54) is 0 Å². The van der Waals surface area contributed by atoms with Crippen LogP contribution < -0.4 is 5.73 Å². The molecule has 1 aromatic heterocycles. The molecule has 0 unspecified atom stereocenters. The number of nitrogens with two attached hydrogens (primary N) is 1. The summed E-state index contributed by atoms with van der Waals surface area (Å²) >= 11 is 5.53. The second-order valence-electron chi connectivity index (χ2n) is 1.78. The number of halogens is 2. The molecule has 0 aromatic carbocycles. The number of rotatable bonds is 0. The first kappa shape index (κ1) is 7.21. The highest BCUT2D eigenvalue weighted by atomic mass is 35.5. The minimum absolute atomic E-state index is 0.0216. The normalized spacial score (nSPS) is 9.90. The van der Waals surface area contributed by atoms with Crippen molar-refractivity contribution in [2.24, 2.45) is 0 Å². The Morgan fingerprint density at radius 3 is 2.60 bits per heavy atom. The van der Waals surface area contributed by atoms with Crippen LogP contribution in [0.25, 0.3) is 0 Å². The zero-order valence-electron chi connectivity index (χ0n) is 5.23. The van der Waals surface area contributed by atoms with Gasteiger partial charge >= 0.3 is 6.08 Å². The van der Waals surface area contributed by atoms with Crippen LogP contribution in [0.4, 0.5) is 10.2 Å². The van der Waals surface area contributed by atoms with Crippen LogP contribution in [0.2, 0.25) is 5.02 Å². The Hall–Kier alpha value is -0.900. The predicted octanol–water partition coefficient (Wildman–Crippen LogP) is 1.16. The van der Waals surface area contributed by atoms with Crippen LogP contribution >= 0.6 is 11.6 Å². The summed E-state index contributed by atoms with van der Waals surface area (Å²) in [4.78, 5) is 6.55. The maximum absolute atomic E-state index is 12.2. The number of hydrogen-bond acceptors (Lipinski definition) is 3. The van der Waals surface area contributed by atoms with Gasteiger partial charge in [0.05, 0.1) is 5.69 Å². The van der Waals surface area contributed by atoms with E-state index < -0.39 is 6.08 Å². The van der Waals surface area contributed by atoms with Gasteiger partial charge in [0.2, 0.25) is 0 Å². The summed E-state index contributed by atoms with van der Waals surface area (Å²) in [5.41, 5.74) is 5.55. The third-order valence-corrected chi connectivity index (χ3v) is 1.48. The molecule has 0 aliphatic rings. The summed E-state index contributed by atoms with van der Waals surface area (Å²) in [6.07, 6.45) is -0.848. The van der Waals surface area contributed by atoms with Crippen molar-refractivity contribution in [3.8, 4) is 0 Å². The molecule has 0 saturated heterocycles. The highest BCUT2D eigenvalue weighted by molar-refractivity contribution is 6.33. The second-order valence-corrected chi connectivity index (χ2v) is 2.16. The quantitative estimate of drug-likeness (QED) is 0.581. The van der Waals surface area contributed by atoms with Crippen LogP contribution in [-0.4, -0.2) is 9.97 Å². The summed E-state index contributed by atoms with van der Waals surface area (Å²) in [6, 6.07) is 0. The monoisotopic (exact) mass is 161 g/mol. The van der Waals surface area contributed by atoms with Crippen LogP contribution in [0.3, 0.4) is 0 Å². The topological polar surface area (TPSA) is 51.8 Å². The van der Waals surface area contributed by atoms with Crippen molar-refractivity contribution in [3.05, 3.63) is 16.8 Å². The number of anilines is 1. The van der Waals surface area contributed by atoms with Crippen LogP contribution in [-0.2, 0) is 0 Å². The molecule has 0 fully saturated rings. The largest absolute Gasteiger partial charge is 0.382 e. The molecule has 0 bridgehead atoms. The molecule has 1 rings (SSSR count). The number of aryl methyl sites for hydroxylation is 1. The Bertz CT molecular complexity index is 240. The van der Waals surface area contributed by atoms with Crippen molar-refractivity contribution in [1.82, 2.24) is 9.97 Å². The van der Waals surface area contributed by atoms with Gasteiger partial charge in [-0.1, -0.05) is 11.6 Å². The van der Waals surface area contributed by atoms with Gasteiger partial charge in [-0.05, 0) is 6.92 Å². The summed E-state index contributed by atoms with van der Waals surface area (Å²) in [7, 11) is 0. The molecule has 2 N–H and O–H groups in total. The molecule has 0 atom stereocenters. The molecule has 0 radical (unpaired) electrons. The smallest absolute Gasteiger partial charge is 0.310 e. The molecule has 0 aliphatic heterocycles. The lowest BCUT2D eigenvalue weighted by molar-refractivity contribution is 0.537. The van der Waals surface area contributed by atoms with E-state index >= 15 is 0 Å². The first-order chi connectivity index (χ1) is 4.61. The minimum atomic E-state index is -0.848. The first-order valence-electron chi connectivity index (χ1n) is 2.56. The maximum atomic E-state index is 12.2. The molecule has 0 spiro atoms. The number of nitrogen functional groups attached to an aromatic ring is 1. The fraction of sp³-hybridized carbons (Fsp3) is 0.200. The maximum Gasteiger partial charge on any atom is 0.310 e. The molecular formula is C5H5ClFN3. The molecule has 1 aromatic rings. The SMILES string of the molecule is Cc1nc(F)nc(N)c1Cl. The third-order valence-electron chi connectivity index (χ3n) is 1.02.